The highest BCUT2D eigenvalue weighted by atomic mass is 19.1. The molecule has 11 nitrogen and oxygen atoms in total. The number of nitrogens with two attached hydrogens (primary N) is 1. The molecule has 4 N–H and O–H groups in total. The molecule has 0 aliphatic rings. The van der Waals surface area contributed by atoms with Crippen molar-refractivity contribution in [3.05, 3.63) is 75.6 Å². The number of benzene rings is 2. The molecular weight excluding hydrogens is 475 g/mol. The number of nitro groups is 1. The first-order valence-corrected chi connectivity index (χ1v) is 11.0. The highest BCUT2D eigenvalue weighted by Crippen LogP contribution is 2.27. The topological polar surface area (TPSA) is 171 Å². The molecule has 12 heteroatoms. The second kappa shape index (κ2) is 12.9. The summed E-state index contributed by atoms with van der Waals surface area (Å²) in [7, 11) is 0. The van der Waals surface area contributed by atoms with E-state index in [0.29, 0.717) is 11.1 Å². The van der Waals surface area contributed by atoms with Crippen molar-refractivity contribution in [1.82, 2.24) is 10.6 Å². The molecule has 0 radical (unpaired) electrons. The molecule has 0 spiro atoms. The number of nitro benzene ring substituents is 1. The molecule has 3 amide bonds. The van der Waals surface area contributed by atoms with E-state index in [0.717, 1.165) is 0 Å². The predicted octanol–water partition coefficient (Wildman–Crippen LogP) is 1.49. The first kappa shape index (κ1) is 27.9. The van der Waals surface area contributed by atoms with Crippen LogP contribution in [-0.4, -0.2) is 47.3 Å². The first-order chi connectivity index (χ1) is 17.0. The van der Waals surface area contributed by atoms with Crippen molar-refractivity contribution >= 4 is 29.4 Å². The van der Waals surface area contributed by atoms with Gasteiger partial charge in [0, 0.05) is 31.4 Å². The van der Waals surface area contributed by atoms with Gasteiger partial charge in [-0.2, -0.15) is 0 Å². The Morgan fingerprint density at radius 1 is 1.06 bits per heavy atom. The quantitative estimate of drug-likeness (QED) is 0.224. The number of non-ortho nitro benzene ring substituents is 1. The van der Waals surface area contributed by atoms with Gasteiger partial charge in [-0.15, -0.1) is 0 Å². The molecule has 0 heterocycles. The second-order valence-electron chi connectivity index (χ2n) is 7.94. The second-order valence-corrected chi connectivity index (χ2v) is 7.94. The number of esters is 1. The molecule has 2 aromatic rings. The Morgan fingerprint density at radius 2 is 1.67 bits per heavy atom. The van der Waals surface area contributed by atoms with E-state index in [4.69, 9.17) is 10.5 Å². The fourth-order valence-corrected chi connectivity index (χ4v) is 3.61. The summed E-state index contributed by atoms with van der Waals surface area (Å²) in [6.45, 7) is 2.87. The molecule has 2 aromatic carbocycles. The van der Waals surface area contributed by atoms with Crippen molar-refractivity contribution in [2.75, 3.05) is 6.61 Å². The Hall–Kier alpha value is -4.35. The Kier molecular flexibility index (Phi) is 10.0. The van der Waals surface area contributed by atoms with Crippen LogP contribution in [0.5, 0.6) is 0 Å². The number of rotatable bonds is 12. The van der Waals surface area contributed by atoms with Crippen LogP contribution in [0.15, 0.2) is 48.5 Å². The van der Waals surface area contributed by atoms with Crippen LogP contribution in [0.25, 0.3) is 0 Å². The largest absolute Gasteiger partial charge is 0.466 e. The van der Waals surface area contributed by atoms with Gasteiger partial charge in [0.2, 0.25) is 17.7 Å². The number of primary amides is 1. The molecule has 0 aliphatic carbocycles. The van der Waals surface area contributed by atoms with Gasteiger partial charge in [0.05, 0.1) is 18.0 Å². The number of carbonyl (C=O) groups is 4. The third-order valence-corrected chi connectivity index (χ3v) is 5.28. The minimum Gasteiger partial charge on any atom is -0.466 e. The monoisotopic (exact) mass is 502 g/mol. The minimum atomic E-state index is -1.42. The number of hydrogen-bond donors (Lipinski definition) is 3. The normalized spacial score (nSPS) is 13.1. The summed E-state index contributed by atoms with van der Waals surface area (Å²) in [4.78, 5) is 60.0. The molecular formula is C24H27FN4O7. The standard InChI is InChI=1S/C24H27FN4O7/c1-3-36-21(31)13-19(16-6-10-18(11-7-16)29(34)35)22(23(26)32)28-24(33)20(27-14(2)30)12-15-4-8-17(25)9-5-15/h4-11,19-20,22H,3,12-13H2,1-2H3,(H2,26,32)(H,27,30)(H,28,33)/t19-,20-,22-/m0/s1. The van der Waals surface area contributed by atoms with Crippen LogP contribution in [-0.2, 0) is 30.3 Å². The zero-order valence-corrected chi connectivity index (χ0v) is 19.7. The molecule has 0 fully saturated rings. The molecule has 36 heavy (non-hydrogen) atoms. The average Bonchev–Trinajstić information content (AvgIpc) is 2.82. The lowest BCUT2D eigenvalue weighted by Crippen LogP contribution is -2.55. The fraction of sp³-hybridized carbons (Fsp3) is 0.333. The molecule has 0 aromatic heterocycles. The summed E-state index contributed by atoms with van der Waals surface area (Å²) in [6.07, 6.45) is -0.375. The summed E-state index contributed by atoms with van der Waals surface area (Å²) in [5.74, 6) is -4.43. The summed E-state index contributed by atoms with van der Waals surface area (Å²) >= 11 is 0. The Balaban J connectivity index is 2.37. The molecule has 0 aliphatic heterocycles. The number of ether oxygens (including phenoxy) is 1. The van der Waals surface area contributed by atoms with Gasteiger partial charge < -0.3 is 21.1 Å². The summed E-state index contributed by atoms with van der Waals surface area (Å²) in [5.41, 5.74) is 6.24. The van der Waals surface area contributed by atoms with E-state index in [1.807, 2.05) is 0 Å². The Labute approximate surface area is 206 Å². The van der Waals surface area contributed by atoms with Crippen molar-refractivity contribution in [3.63, 3.8) is 0 Å². The lowest BCUT2D eigenvalue weighted by Gasteiger charge is -2.27. The summed E-state index contributed by atoms with van der Waals surface area (Å²) in [6, 6.07) is 7.84. The van der Waals surface area contributed by atoms with E-state index in [-0.39, 0.29) is 25.1 Å². The van der Waals surface area contributed by atoms with E-state index < -0.39 is 52.4 Å². The Bertz CT molecular complexity index is 1110. The van der Waals surface area contributed by atoms with Crippen LogP contribution in [0.3, 0.4) is 0 Å². The minimum absolute atomic E-state index is 0.0166. The van der Waals surface area contributed by atoms with Gasteiger partial charge in [-0.05, 0) is 30.2 Å². The SMILES string of the molecule is CCOC(=O)C[C@@H](c1ccc([N+](=O)[O-])cc1)[C@H](NC(=O)[C@H](Cc1ccc(F)cc1)NC(C)=O)C(N)=O. The maximum absolute atomic E-state index is 13.3. The number of nitrogens with zero attached hydrogens (tertiary/aromatic N) is 1. The van der Waals surface area contributed by atoms with Crippen LogP contribution in [0.1, 0.15) is 37.3 Å². The fourth-order valence-electron chi connectivity index (χ4n) is 3.61. The third-order valence-electron chi connectivity index (χ3n) is 5.28. The number of amides is 3. The molecule has 192 valence electrons. The number of hydrogen-bond acceptors (Lipinski definition) is 7. The lowest BCUT2D eigenvalue weighted by molar-refractivity contribution is -0.384. The molecule has 2 rings (SSSR count). The van der Waals surface area contributed by atoms with Gasteiger partial charge in [-0.1, -0.05) is 24.3 Å². The smallest absolute Gasteiger partial charge is 0.306 e. The number of nitrogens with one attached hydrogen (secondary N) is 2. The molecule has 0 unspecified atom stereocenters. The number of halogens is 1. The van der Waals surface area contributed by atoms with Gasteiger partial charge in [0.1, 0.15) is 17.9 Å². The van der Waals surface area contributed by atoms with Gasteiger partial charge in [0.15, 0.2) is 0 Å². The number of carbonyl (C=O) groups excluding carboxylic acids is 4. The van der Waals surface area contributed by atoms with Gasteiger partial charge in [-0.25, -0.2) is 4.39 Å². The van der Waals surface area contributed by atoms with Crippen LogP contribution >= 0.6 is 0 Å². The zero-order valence-electron chi connectivity index (χ0n) is 19.7. The summed E-state index contributed by atoms with van der Waals surface area (Å²) in [5, 5.41) is 16.0. The molecule has 3 atom stereocenters. The summed E-state index contributed by atoms with van der Waals surface area (Å²) < 4.78 is 18.2. The average molecular weight is 502 g/mol. The molecule has 0 saturated heterocycles. The van der Waals surface area contributed by atoms with Gasteiger partial charge in [0.25, 0.3) is 5.69 Å². The molecule has 0 bridgehead atoms. The predicted molar refractivity (Wildman–Crippen MR) is 126 cm³/mol. The van der Waals surface area contributed by atoms with Crippen molar-refractivity contribution in [2.45, 2.75) is 44.7 Å². The van der Waals surface area contributed by atoms with Crippen molar-refractivity contribution in [3.8, 4) is 0 Å². The van der Waals surface area contributed by atoms with Crippen molar-refractivity contribution in [2.24, 2.45) is 5.73 Å². The molecule has 0 saturated carbocycles. The van der Waals surface area contributed by atoms with E-state index >= 15 is 0 Å². The highest BCUT2D eigenvalue weighted by molar-refractivity contribution is 5.92. The van der Waals surface area contributed by atoms with E-state index in [2.05, 4.69) is 10.6 Å². The van der Waals surface area contributed by atoms with Gasteiger partial charge in [-0.3, -0.25) is 29.3 Å². The van der Waals surface area contributed by atoms with Crippen LogP contribution < -0.4 is 16.4 Å². The van der Waals surface area contributed by atoms with Gasteiger partial charge >= 0.3 is 5.97 Å². The van der Waals surface area contributed by atoms with E-state index in [9.17, 15) is 33.7 Å². The maximum atomic E-state index is 13.3. The van der Waals surface area contributed by atoms with Crippen LogP contribution in [0.4, 0.5) is 10.1 Å². The maximum Gasteiger partial charge on any atom is 0.306 e. The first-order valence-electron chi connectivity index (χ1n) is 11.0. The van der Waals surface area contributed by atoms with E-state index in [1.165, 1.54) is 55.5 Å². The Morgan fingerprint density at radius 3 is 2.17 bits per heavy atom. The van der Waals surface area contributed by atoms with Crippen molar-refractivity contribution in [1.29, 1.82) is 0 Å². The van der Waals surface area contributed by atoms with Crippen LogP contribution in [0.2, 0.25) is 0 Å². The van der Waals surface area contributed by atoms with Crippen molar-refractivity contribution < 1.29 is 33.2 Å². The highest BCUT2D eigenvalue weighted by Gasteiger charge is 2.34. The van der Waals surface area contributed by atoms with E-state index in [1.54, 1.807) is 6.92 Å². The lowest BCUT2D eigenvalue weighted by atomic mass is 9.87. The zero-order chi connectivity index (χ0) is 26.8. The van der Waals surface area contributed by atoms with Crippen LogP contribution in [0, 0.1) is 15.9 Å². The third kappa shape index (κ3) is 8.15.